The van der Waals surface area contributed by atoms with Gasteiger partial charge >= 0.3 is 0 Å². The summed E-state index contributed by atoms with van der Waals surface area (Å²) in [5.41, 5.74) is 11.0. The van der Waals surface area contributed by atoms with Crippen molar-refractivity contribution in [2.45, 2.75) is 0 Å². The van der Waals surface area contributed by atoms with E-state index >= 15 is 0 Å². The van der Waals surface area contributed by atoms with Gasteiger partial charge in [0.05, 0.1) is 11.0 Å². The number of fused-ring (bicyclic) bond motifs is 5. The lowest BCUT2D eigenvalue weighted by molar-refractivity contribution is 0.954. The predicted molar refractivity (Wildman–Crippen MR) is 236 cm³/mol. The summed E-state index contributed by atoms with van der Waals surface area (Å²) in [6.07, 6.45) is 0. The Bertz CT molecular complexity index is 3230. The van der Waals surface area contributed by atoms with Crippen LogP contribution in [-0.4, -0.2) is 19.5 Å². The van der Waals surface area contributed by atoms with Crippen LogP contribution >= 0.6 is 0 Å². The Kier molecular flexibility index (Phi) is 7.78. The summed E-state index contributed by atoms with van der Waals surface area (Å²) >= 11 is 0. The van der Waals surface area contributed by atoms with Crippen molar-refractivity contribution in [3.63, 3.8) is 0 Å². The molecule has 57 heavy (non-hydrogen) atoms. The maximum atomic E-state index is 5.35. The normalized spacial score (nSPS) is 11.5. The van der Waals surface area contributed by atoms with E-state index in [2.05, 4.69) is 205 Å². The van der Waals surface area contributed by atoms with E-state index in [0.717, 1.165) is 60.4 Å². The van der Waals surface area contributed by atoms with Gasteiger partial charge in [-0.2, -0.15) is 9.97 Å². The summed E-state index contributed by atoms with van der Waals surface area (Å²) in [6.45, 7) is 0. The number of benzene rings is 9. The van der Waals surface area contributed by atoms with Crippen LogP contribution in [0.2, 0.25) is 0 Å². The molecule has 0 fully saturated rings. The molecule has 0 N–H and O–H groups in total. The van der Waals surface area contributed by atoms with E-state index in [0.29, 0.717) is 17.6 Å². The van der Waals surface area contributed by atoms with Gasteiger partial charge in [0.25, 0.3) is 0 Å². The molecule has 0 aliphatic rings. The van der Waals surface area contributed by atoms with Gasteiger partial charge in [-0.05, 0) is 79.2 Å². The molecule has 4 heteroatoms. The highest BCUT2D eigenvalue weighted by Crippen LogP contribution is 2.42. The Hall–Kier alpha value is -7.69. The molecule has 0 saturated carbocycles. The molecule has 11 aromatic rings. The Balaban J connectivity index is 1.16. The Labute approximate surface area is 330 Å². The number of para-hydroxylation sites is 2. The summed E-state index contributed by atoms with van der Waals surface area (Å²) in [5, 5.41) is 6.96. The number of nitrogens with zero attached hydrogens (tertiary/aromatic N) is 4. The van der Waals surface area contributed by atoms with Gasteiger partial charge in [-0.1, -0.05) is 182 Å². The number of rotatable bonds is 6. The van der Waals surface area contributed by atoms with Gasteiger partial charge in [0.15, 0.2) is 11.6 Å². The average Bonchev–Trinajstić information content (AvgIpc) is 3.63. The minimum Gasteiger partial charge on any atom is -0.278 e. The molecule has 0 spiro atoms. The van der Waals surface area contributed by atoms with Crippen molar-refractivity contribution in [3.8, 4) is 62.1 Å². The maximum absolute atomic E-state index is 5.35. The molecule has 0 bridgehead atoms. The van der Waals surface area contributed by atoms with Gasteiger partial charge in [0.1, 0.15) is 0 Å². The molecule has 4 nitrogen and oxygen atoms in total. The first-order valence-electron chi connectivity index (χ1n) is 19.3. The van der Waals surface area contributed by atoms with Crippen molar-refractivity contribution >= 4 is 43.4 Å². The molecular weight excluding hydrogens is 693 g/mol. The van der Waals surface area contributed by atoms with Crippen LogP contribution in [0.1, 0.15) is 0 Å². The first-order chi connectivity index (χ1) is 28.3. The van der Waals surface area contributed by atoms with Crippen LogP contribution in [0.25, 0.3) is 105 Å². The predicted octanol–water partition coefficient (Wildman–Crippen LogP) is 13.6. The number of hydrogen-bond acceptors (Lipinski definition) is 3. The highest BCUT2D eigenvalue weighted by molar-refractivity contribution is 6.13. The van der Waals surface area contributed by atoms with E-state index in [4.69, 9.17) is 15.0 Å². The molecule has 0 atom stereocenters. The minimum atomic E-state index is 0.576. The van der Waals surface area contributed by atoms with Crippen LogP contribution in [0.3, 0.4) is 0 Å². The van der Waals surface area contributed by atoms with Crippen LogP contribution < -0.4 is 0 Å². The third-order valence-electron chi connectivity index (χ3n) is 11.1. The summed E-state index contributed by atoms with van der Waals surface area (Å²) in [5.74, 6) is 1.81. The molecule has 2 aromatic heterocycles. The van der Waals surface area contributed by atoms with Gasteiger partial charge in [-0.3, -0.25) is 4.57 Å². The molecule has 0 radical (unpaired) electrons. The van der Waals surface area contributed by atoms with E-state index in [1.165, 1.54) is 27.5 Å². The SMILES string of the molecule is c1ccc(-c2cccc(-c3nc(-c4ccc(-c5cccc6cccc(-c7ccccc7)c56)c5ccccc45)nc(-n4c5ccccc5c5ccccc54)n3)c2)cc1. The second-order valence-corrected chi connectivity index (χ2v) is 14.4. The lowest BCUT2D eigenvalue weighted by atomic mass is 9.88. The van der Waals surface area contributed by atoms with Crippen molar-refractivity contribution in [3.05, 3.63) is 206 Å². The summed E-state index contributed by atoms with van der Waals surface area (Å²) < 4.78 is 2.18. The third kappa shape index (κ3) is 5.58. The van der Waals surface area contributed by atoms with Gasteiger partial charge < -0.3 is 0 Å². The fraction of sp³-hybridized carbons (Fsp3) is 0. The molecule has 0 amide bonds. The van der Waals surface area contributed by atoms with Crippen molar-refractivity contribution < 1.29 is 0 Å². The molecule has 0 aliphatic heterocycles. The second-order valence-electron chi connectivity index (χ2n) is 14.4. The van der Waals surface area contributed by atoms with Gasteiger partial charge in [-0.25, -0.2) is 4.98 Å². The standard InChI is InChI=1S/C53H34N4/c1-3-16-35(17-4-1)38-22-13-23-39(34-38)51-54-52(56-53(55-51)57-48-30-11-9-26-44(48)45-27-10-12-31-49(45)57)47-33-32-43(41-24-7-8-25-42(41)47)46-29-15-21-37-20-14-28-40(50(37)46)36-18-5-2-6-19-36/h1-34H. The van der Waals surface area contributed by atoms with Crippen LogP contribution in [-0.2, 0) is 0 Å². The fourth-order valence-electron chi connectivity index (χ4n) is 8.47. The lowest BCUT2D eigenvalue weighted by Crippen LogP contribution is -2.06. The van der Waals surface area contributed by atoms with E-state index < -0.39 is 0 Å². The lowest BCUT2D eigenvalue weighted by Gasteiger charge is -2.16. The first-order valence-corrected chi connectivity index (χ1v) is 19.3. The topological polar surface area (TPSA) is 43.6 Å². The monoisotopic (exact) mass is 726 g/mol. The molecule has 11 rings (SSSR count). The highest BCUT2D eigenvalue weighted by Gasteiger charge is 2.20. The molecule has 0 saturated heterocycles. The summed E-state index contributed by atoms with van der Waals surface area (Å²) in [6, 6.07) is 72.8. The molecule has 266 valence electrons. The quantitative estimate of drug-likeness (QED) is 0.171. The highest BCUT2D eigenvalue weighted by atomic mass is 15.2. The van der Waals surface area contributed by atoms with Crippen LogP contribution in [0.4, 0.5) is 0 Å². The van der Waals surface area contributed by atoms with Crippen LogP contribution in [0.15, 0.2) is 206 Å². The Morgan fingerprint density at radius 1 is 0.298 bits per heavy atom. The molecule has 0 aliphatic carbocycles. The Morgan fingerprint density at radius 2 is 0.807 bits per heavy atom. The van der Waals surface area contributed by atoms with Gasteiger partial charge in [0.2, 0.25) is 5.95 Å². The smallest absolute Gasteiger partial charge is 0.238 e. The molecular formula is C53H34N4. The van der Waals surface area contributed by atoms with Crippen molar-refractivity contribution in [2.24, 2.45) is 0 Å². The van der Waals surface area contributed by atoms with E-state index in [1.807, 2.05) is 6.07 Å². The zero-order chi connectivity index (χ0) is 37.7. The van der Waals surface area contributed by atoms with Crippen LogP contribution in [0, 0.1) is 0 Å². The second kappa shape index (κ2) is 13.6. The molecule has 2 heterocycles. The van der Waals surface area contributed by atoms with Crippen molar-refractivity contribution in [1.29, 1.82) is 0 Å². The average molecular weight is 727 g/mol. The van der Waals surface area contributed by atoms with E-state index in [-0.39, 0.29) is 0 Å². The molecule has 0 unspecified atom stereocenters. The summed E-state index contributed by atoms with van der Waals surface area (Å²) in [7, 11) is 0. The van der Waals surface area contributed by atoms with E-state index in [1.54, 1.807) is 0 Å². The van der Waals surface area contributed by atoms with Crippen molar-refractivity contribution in [2.75, 3.05) is 0 Å². The summed E-state index contributed by atoms with van der Waals surface area (Å²) in [4.78, 5) is 15.9. The molecule has 9 aromatic carbocycles. The fourth-order valence-corrected chi connectivity index (χ4v) is 8.47. The Morgan fingerprint density at radius 3 is 1.51 bits per heavy atom. The zero-order valence-electron chi connectivity index (χ0n) is 30.9. The maximum Gasteiger partial charge on any atom is 0.238 e. The third-order valence-corrected chi connectivity index (χ3v) is 11.1. The van der Waals surface area contributed by atoms with Gasteiger partial charge in [0, 0.05) is 21.9 Å². The zero-order valence-corrected chi connectivity index (χ0v) is 30.9. The number of aromatic nitrogens is 4. The first kappa shape index (κ1) is 32.7. The minimum absolute atomic E-state index is 0.576. The number of hydrogen-bond donors (Lipinski definition) is 0. The largest absolute Gasteiger partial charge is 0.278 e. The van der Waals surface area contributed by atoms with E-state index in [9.17, 15) is 0 Å². The van der Waals surface area contributed by atoms with Crippen molar-refractivity contribution in [1.82, 2.24) is 19.5 Å². The van der Waals surface area contributed by atoms with Gasteiger partial charge in [-0.15, -0.1) is 0 Å². The van der Waals surface area contributed by atoms with Crippen LogP contribution in [0.5, 0.6) is 0 Å².